The Labute approximate surface area is 143 Å². The maximum absolute atomic E-state index is 12.3. The van der Waals surface area contributed by atoms with E-state index in [1.165, 1.54) is 11.6 Å². The van der Waals surface area contributed by atoms with Crippen LogP contribution in [0.3, 0.4) is 0 Å². The van der Waals surface area contributed by atoms with Gasteiger partial charge in [0, 0.05) is 16.1 Å². The highest BCUT2D eigenvalue weighted by Crippen LogP contribution is 2.25. The van der Waals surface area contributed by atoms with Crippen LogP contribution in [0.4, 0.5) is 5.69 Å². The van der Waals surface area contributed by atoms with Crippen molar-refractivity contribution in [1.82, 2.24) is 0 Å². The summed E-state index contributed by atoms with van der Waals surface area (Å²) in [4.78, 5) is 22.9. The Bertz CT molecular complexity index is 751. The van der Waals surface area contributed by atoms with Gasteiger partial charge in [0.05, 0.1) is 5.69 Å². The predicted octanol–water partition coefficient (Wildman–Crippen LogP) is 4.36. The van der Waals surface area contributed by atoms with E-state index in [9.17, 15) is 9.59 Å². The molecule has 0 bridgehead atoms. The molecule has 118 valence electrons. The lowest BCUT2D eigenvalue weighted by atomic mass is 10.1. The second-order valence-electron chi connectivity index (χ2n) is 4.92. The number of benzene rings is 2. The van der Waals surface area contributed by atoms with Crippen molar-refractivity contribution in [2.45, 2.75) is 13.3 Å². The molecule has 0 saturated carbocycles. The molecule has 2 aromatic rings. The van der Waals surface area contributed by atoms with E-state index < -0.39 is 5.97 Å². The van der Waals surface area contributed by atoms with E-state index >= 15 is 0 Å². The average molecular weight is 374 g/mol. The fourth-order valence-electron chi connectivity index (χ4n) is 2.00. The molecule has 2 N–H and O–H groups in total. The normalized spacial score (nSPS) is 10.7. The van der Waals surface area contributed by atoms with E-state index in [0.29, 0.717) is 16.8 Å². The highest BCUT2D eigenvalue weighted by Gasteiger charge is 2.08. The van der Waals surface area contributed by atoms with Crippen molar-refractivity contribution in [3.05, 3.63) is 69.7 Å². The lowest BCUT2D eigenvalue weighted by Gasteiger charge is -2.09. The lowest BCUT2D eigenvalue weighted by Crippen LogP contribution is -2.12. The molecule has 5 heteroatoms. The molecule has 0 spiro atoms. The molecule has 23 heavy (non-hydrogen) atoms. The first-order valence-electron chi connectivity index (χ1n) is 7.10. The fraction of sp³-hybridized carbons (Fsp3) is 0.111. The summed E-state index contributed by atoms with van der Waals surface area (Å²) >= 11 is 3.38. The molecule has 4 nitrogen and oxygen atoms in total. The van der Waals surface area contributed by atoms with Gasteiger partial charge in [-0.2, -0.15) is 0 Å². The molecule has 0 aliphatic heterocycles. The first-order chi connectivity index (χ1) is 11.0. The lowest BCUT2D eigenvalue weighted by molar-refractivity contribution is -0.131. The van der Waals surface area contributed by atoms with Crippen LogP contribution in [-0.2, 0) is 11.2 Å². The largest absolute Gasteiger partial charge is 0.478 e. The number of carbonyl (C=O) groups excluding carboxylic acids is 1. The molecular formula is C18H16BrNO3. The Balaban J connectivity index is 2.19. The summed E-state index contributed by atoms with van der Waals surface area (Å²) in [6.45, 7) is 2.06. The maximum Gasteiger partial charge on any atom is 0.328 e. The number of amides is 1. The number of hydrogen-bond acceptors (Lipinski definition) is 2. The van der Waals surface area contributed by atoms with Crippen molar-refractivity contribution in [2.24, 2.45) is 0 Å². The van der Waals surface area contributed by atoms with Crippen molar-refractivity contribution >= 4 is 39.6 Å². The first-order valence-corrected chi connectivity index (χ1v) is 7.89. The molecule has 0 fully saturated rings. The topological polar surface area (TPSA) is 66.4 Å². The summed E-state index contributed by atoms with van der Waals surface area (Å²) in [7, 11) is 0. The van der Waals surface area contributed by atoms with Crippen LogP contribution in [0.1, 0.15) is 28.4 Å². The molecule has 2 rings (SSSR count). The Hall–Kier alpha value is -2.40. The van der Waals surface area contributed by atoms with Gasteiger partial charge in [0.25, 0.3) is 5.91 Å². The minimum Gasteiger partial charge on any atom is -0.478 e. The zero-order valence-electron chi connectivity index (χ0n) is 12.5. The molecule has 1 amide bonds. The molecule has 0 aliphatic carbocycles. The molecule has 0 atom stereocenters. The van der Waals surface area contributed by atoms with Gasteiger partial charge in [0.15, 0.2) is 0 Å². The van der Waals surface area contributed by atoms with Gasteiger partial charge in [-0.15, -0.1) is 0 Å². The van der Waals surface area contributed by atoms with Crippen LogP contribution < -0.4 is 5.32 Å². The Morgan fingerprint density at radius 3 is 2.48 bits per heavy atom. The zero-order valence-corrected chi connectivity index (χ0v) is 14.1. The van der Waals surface area contributed by atoms with Crippen LogP contribution in [0, 0.1) is 0 Å². The van der Waals surface area contributed by atoms with Gasteiger partial charge in [-0.25, -0.2) is 4.79 Å². The summed E-state index contributed by atoms with van der Waals surface area (Å²) < 4.78 is 0.725. The molecule has 0 aromatic heterocycles. The predicted molar refractivity (Wildman–Crippen MR) is 94.6 cm³/mol. The molecule has 0 unspecified atom stereocenters. The third-order valence-corrected chi connectivity index (χ3v) is 3.97. The number of aliphatic carboxylic acids is 1. The van der Waals surface area contributed by atoms with Crippen molar-refractivity contribution in [1.29, 1.82) is 0 Å². The van der Waals surface area contributed by atoms with E-state index in [1.807, 2.05) is 12.1 Å². The number of nitrogens with one attached hydrogen (secondary N) is 1. The highest BCUT2D eigenvalue weighted by atomic mass is 79.9. The van der Waals surface area contributed by atoms with Crippen LogP contribution >= 0.6 is 15.9 Å². The monoisotopic (exact) mass is 373 g/mol. The Morgan fingerprint density at radius 1 is 1.17 bits per heavy atom. The van der Waals surface area contributed by atoms with Crippen LogP contribution in [-0.4, -0.2) is 17.0 Å². The van der Waals surface area contributed by atoms with Crippen LogP contribution in [0.15, 0.2) is 53.0 Å². The number of anilines is 1. The number of carbonyl (C=O) groups is 2. The van der Waals surface area contributed by atoms with Crippen LogP contribution in [0.2, 0.25) is 0 Å². The van der Waals surface area contributed by atoms with E-state index in [0.717, 1.165) is 17.0 Å². The smallest absolute Gasteiger partial charge is 0.328 e. The summed E-state index contributed by atoms with van der Waals surface area (Å²) in [5.74, 6) is -1.23. The van der Waals surface area contributed by atoms with E-state index in [4.69, 9.17) is 5.11 Å². The minimum atomic E-state index is -1.02. The molecular weight excluding hydrogens is 358 g/mol. The van der Waals surface area contributed by atoms with Crippen molar-refractivity contribution in [3.63, 3.8) is 0 Å². The summed E-state index contributed by atoms with van der Waals surface area (Å²) in [6.07, 6.45) is 3.45. The van der Waals surface area contributed by atoms with Gasteiger partial charge in [0.1, 0.15) is 0 Å². The zero-order chi connectivity index (χ0) is 16.8. The quantitative estimate of drug-likeness (QED) is 0.765. The average Bonchev–Trinajstić information content (AvgIpc) is 2.55. The van der Waals surface area contributed by atoms with Crippen molar-refractivity contribution in [3.8, 4) is 0 Å². The summed E-state index contributed by atoms with van der Waals surface area (Å²) in [5.41, 5.74) is 3.01. The van der Waals surface area contributed by atoms with Gasteiger partial charge in [-0.1, -0.05) is 25.1 Å². The number of aryl methyl sites for hydroxylation is 1. The van der Waals surface area contributed by atoms with E-state index in [2.05, 4.69) is 28.2 Å². The van der Waals surface area contributed by atoms with Gasteiger partial charge >= 0.3 is 5.97 Å². The fourth-order valence-corrected chi connectivity index (χ4v) is 2.34. The standard InChI is InChI=1S/C18H16BrNO3/c1-2-12-3-7-14(8-4-12)18(23)20-16-11-13(5-9-15(16)19)6-10-17(21)22/h3-11H,2H2,1H3,(H,20,23)(H,21,22)/b10-6+. The second-order valence-corrected chi connectivity index (χ2v) is 5.77. The molecule has 0 heterocycles. The summed E-state index contributed by atoms with van der Waals surface area (Å²) in [5, 5.41) is 11.5. The molecule has 0 saturated heterocycles. The van der Waals surface area contributed by atoms with E-state index in [-0.39, 0.29) is 5.91 Å². The van der Waals surface area contributed by atoms with Crippen LogP contribution in [0.5, 0.6) is 0 Å². The SMILES string of the molecule is CCc1ccc(C(=O)Nc2cc(/C=C/C(=O)O)ccc2Br)cc1. The molecule has 0 aliphatic rings. The minimum absolute atomic E-state index is 0.215. The van der Waals surface area contributed by atoms with Crippen molar-refractivity contribution in [2.75, 3.05) is 5.32 Å². The van der Waals surface area contributed by atoms with Gasteiger partial charge < -0.3 is 10.4 Å². The van der Waals surface area contributed by atoms with E-state index in [1.54, 1.807) is 30.3 Å². The number of carboxylic acids is 1. The number of halogens is 1. The second kappa shape index (κ2) is 7.74. The third-order valence-electron chi connectivity index (χ3n) is 3.28. The number of carboxylic acid groups (broad SMARTS) is 1. The van der Waals surface area contributed by atoms with Crippen molar-refractivity contribution < 1.29 is 14.7 Å². The number of hydrogen-bond donors (Lipinski definition) is 2. The highest BCUT2D eigenvalue weighted by molar-refractivity contribution is 9.10. The Kier molecular flexibility index (Phi) is 5.71. The molecule has 2 aromatic carbocycles. The van der Waals surface area contributed by atoms with Crippen LogP contribution in [0.25, 0.3) is 6.08 Å². The molecule has 0 radical (unpaired) electrons. The third kappa shape index (κ3) is 4.79. The Morgan fingerprint density at radius 2 is 1.87 bits per heavy atom. The van der Waals surface area contributed by atoms with Gasteiger partial charge in [-0.05, 0) is 63.8 Å². The summed E-state index contributed by atoms with van der Waals surface area (Å²) in [6, 6.07) is 12.7. The van der Waals surface area contributed by atoms with Gasteiger partial charge in [0.2, 0.25) is 0 Å². The first kappa shape index (κ1) is 17.0. The maximum atomic E-state index is 12.3. The van der Waals surface area contributed by atoms with Gasteiger partial charge in [-0.3, -0.25) is 4.79 Å². The number of rotatable bonds is 5.